The number of carbonyl (C=O) groups is 1. The van der Waals surface area contributed by atoms with Gasteiger partial charge in [0, 0.05) is 27.6 Å². The van der Waals surface area contributed by atoms with Gasteiger partial charge in [0.2, 0.25) is 0 Å². The van der Waals surface area contributed by atoms with Gasteiger partial charge in [-0.15, -0.1) is 0 Å². The third kappa shape index (κ3) is 7.01. The Bertz CT molecular complexity index is 1400. The van der Waals surface area contributed by atoms with E-state index in [2.05, 4.69) is 26.1 Å². The third-order valence-corrected chi connectivity index (χ3v) is 6.58. The van der Waals surface area contributed by atoms with E-state index in [1.165, 1.54) is 29.5 Å². The average Bonchev–Trinajstić information content (AvgIpc) is 3.33. The predicted molar refractivity (Wildman–Crippen MR) is 145 cm³/mol. The molecular formula is C29H28N2O5S. The fourth-order valence-corrected chi connectivity index (χ4v) is 4.45. The number of rotatable bonds is 8. The van der Waals surface area contributed by atoms with Crippen LogP contribution in [0.1, 0.15) is 48.2 Å². The van der Waals surface area contributed by atoms with E-state index in [1.54, 1.807) is 18.2 Å². The van der Waals surface area contributed by atoms with Gasteiger partial charge in [0.25, 0.3) is 11.6 Å². The summed E-state index contributed by atoms with van der Waals surface area (Å²) in [5, 5.41) is 14.2. The van der Waals surface area contributed by atoms with E-state index in [-0.39, 0.29) is 23.5 Å². The van der Waals surface area contributed by atoms with Gasteiger partial charge in [-0.25, -0.2) is 0 Å². The van der Waals surface area contributed by atoms with E-state index in [1.807, 2.05) is 55.5 Å². The number of furan rings is 1. The zero-order valence-electron chi connectivity index (χ0n) is 21.1. The topological polar surface area (TPSA) is 94.6 Å². The van der Waals surface area contributed by atoms with Crippen LogP contribution in [0.2, 0.25) is 0 Å². The summed E-state index contributed by atoms with van der Waals surface area (Å²) in [6.45, 7) is 8.60. The molecule has 1 heterocycles. The third-order valence-electron chi connectivity index (χ3n) is 5.60. The number of carbonyl (C=O) groups excluding carboxylic acids is 1. The zero-order chi connectivity index (χ0) is 26.6. The van der Waals surface area contributed by atoms with Crippen LogP contribution >= 0.6 is 11.8 Å². The van der Waals surface area contributed by atoms with Crippen molar-refractivity contribution in [2.75, 3.05) is 5.32 Å². The fraction of sp³-hybridized carbons (Fsp3) is 0.207. The maximum absolute atomic E-state index is 12.8. The highest BCUT2D eigenvalue weighted by molar-refractivity contribution is 7.99. The van der Waals surface area contributed by atoms with Crippen molar-refractivity contribution in [2.45, 2.75) is 49.5 Å². The van der Waals surface area contributed by atoms with Gasteiger partial charge in [0.15, 0.2) is 5.76 Å². The van der Waals surface area contributed by atoms with E-state index in [0.29, 0.717) is 22.1 Å². The van der Waals surface area contributed by atoms with Crippen molar-refractivity contribution in [1.29, 1.82) is 0 Å². The molecule has 0 atom stereocenters. The molecule has 0 saturated heterocycles. The summed E-state index contributed by atoms with van der Waals surface area (Å²) in [6.07, 6.45) is 0. The number of hydrogen-bond acceptors (Lipinski definition) is 6. The average molecular weight is 517 g/mol. The minimum atomic E-state index is -0.507. The second-order valence-electron chi connectivity index (χ2n) is 9.67. The predicted octanol–water partition coefficient (Wildman–Crippen LogP) is 7.78. The SMILES string of the molecule is Cc1ccc(Sc2cc(NC(=O)c3ccc(COc4ccc(C(C)(C)C)cc4)o3)cc([N+](=O)[O-])c2)cc1. The van der Waals surface area contributed by atoms with Crippen LogP contribution in [0.15, 0.2) is 93.1 Å². The first-order chi connectivity index (χ1) is 17.6. The lowest BCUT2D eigenvalue weighted by molar-refractivity contribution is -0.385. The van der Waals surface area contributed by atoms with Gasteiger partial charge in [-0.3, -0.25) is 14.9 Å². The Morgan fingerprint density at radius 3 is 2.32 bits per heavy atom. The lowest BCUT2D eigenvalue weighted by Crippen LogP contribution is -2.11. The molecule has 8 heteroatoms. The van der Waals surface area contributed by atoms with E-state index in [4.69, 9.17) is 9.15 Å². The second kappa shape index (κ2) is 10.9. The van der Waals surface area contributed by atoms with Gasteiger partial charge in [-0.05, 0) is 60.4 Å². The molecule has 0 saturated carbocycles. The zero-order valence-corrected chi connectivity index (χ0v) is 21.9. The lowest BCUT2D eigenvalue weighted by atomic mass is 9.87. The summed E-state index contributed by atoms with van der Waals surface area (Å²) >= 11 is 1.38. The number of non-ortho nitro benzene ring substituents is 1. The molecule has 0 aliphatic carbocycles. The van der Waals surface area contributed by atoms with Crippen molar-refractivity contribution in [3.8, 4) is 5.75 Å². The molecule has 1 amide bonds. The highest BCUT2D eigenvalue weighted by Gasteiger charge is 2.17. The Balaban J connectivity index is 1.42. The molecule has 3 aromatic carbocycles. The molecule has 0 aliphatic rings. The number of nitro benzene ring substituents is 1. The summed E-state index contributed by atoms with van der Waals surface area (Å²) in [6, 6.07) is 23.4. The molecule has 37 heavy (non-hydrogen) atoms. The van der Waals surface area contributed by atoms with Crippen molar-refractivity contribution >= 4 is 29.0 Å². The van der Waals surface area contributed by atoms with Gasteiger partial charge < -0.3 is 14.5 Å². The number of ether oxygens (including phenoxy) is 1. The summed E-state index contributed by atoms with van der Waals surface area (Å²) < 4.78 is 11.4. The Morgan fingerprint density at radius 2 is 1.68 bits per heavy atom. The summed E-state index contributed by atoms with van der Waals surface area (Å²) in [5.41, 5.74) is 2.58. The number of amides is 1. The van der Waals surface area contributed by atoms with Crippen molar-refractivity contribution in [1.82, 2.24) is 0 Å². The van der Waals surface area contributed by atoms with Gasteiger partial charge >= 0.3 is 0 Å². The van der Waals surface area contributed by atoms with Crippen molar-refractivity contribution in [3.05, 3.63) is 112 Å². The molecule has 190 valence electrons. The molecule has 1 aromatic heterocycles. The monoisotopic (exact) mass is 516 g/mol. The number of aryl methyl sites for hydroxylation is 1. The molecule has 0 radical (unpaired) electrons. The highest BCUT2D eigenvalue weighted by Crippen LogP contribution is 2.33. The number of nitrogens with one attached hydrogen (secondary N) is 1. The first kappa shape index (κ1) is 26.0. The van der Waals surface area contributed by atoms with E-state index < -0.39 is 10.8 Å². The summed E-state index contributed by atoms with van der Waals surface area (Å²) in [7, 11) is 0. The number of benzene rings is 3. The Kier molecular flexibility index (Phi) is 7.69. The van der Waals surface area contributed by atoms with E-state index >= 15 is 0 Å². The molecule has 0 aliphatic heterocycles. The van der Waals surface area contributed by atoms with Crippen LogP contribution in [-0.4, -0.2) is 10.8 Å². The molecule has 0 fully saturated rings. The minimum absolute atomic E-state index is 0.0567. The summed E-state index contributed by atoms with van der Waals surface area (Å²) in [4.78, 5) is 25.4. The van der Waals surface area contributed by atoms with E-state index in [9.17, 15) is 14.9 Å². The normalized spacial score (nSPS) is 11.2. The molecule has 4 aromatic rings. The smallest absolute Gasteiger partial charge is 0.291 e. The maximum Gasteiger partial charge on any atom is 0.291 e. The molecule has 1 N–H and O–H groups in total. The van der Waals surface area contributed by atoms with Gasteiger partial charge in [-0.2, -0.15) is 0 Å². The Hall–Kier alpha value is -4.04. The van der Waals surface area contributed by atoms with Crippen LogP contribution in [0.25, 0.3) is 0 Å². The van der Waals surface area contributed by atoms with Crippen molar-refractivity contribution in [3.63, 3.8) is 0 Å². The molecule has 0 bridgehead atoms. The number of nitro groups is 1. The fourth-order valence-electron chi connectivity index (χ4n) is 3.54. The number of anilines is 1. The number of nitrogens with zero attached hydrogens (tertiary/aromatic N) is 1. The van der Waals surface area contributed by atoms with Crippen LogP contribution in [0, 0.1) is 17.0 Å². The van der Waals surface area contributed by atoms with Crippen LogP contribution in [0.5, 0.6) is 5.75 Å². The van der Waals surface area contributed by atoms with Crippen LogP contribution in [0.3, 0.4) is 0 Å². The van der Waals surface area contributed by atoms with E-state index in [0.717, 1.165) is 10.5 Å². The molecule has 0 spiro atoms. The molecule has 4 rings (SSSR count). The molecular weight excluding hydrogens is 488 g/mol. The van der Waals surface area contributed by atoms with Gasteiger partial charge in [0.1, 0.15) is 18.1 Å². The Morgan fingerprint density at radius 1 is 0.973 bits per heavy atom. The van der Waals surface area contributed by atoms with Crippen LogP contribution < -0.4 is 10.1 Å². The molecule has 7 nitrogen and oxygen atoms in total. The highest BCUT2D eigenvalue weighted by atomic mass is 32.2. The Labute approximate surface area is 220 Å². The lowest BCUT2D eigenvalue weighted by Gasteiger charge is -2.19. The second-order valence-corrected chi connectivity index (χ2v) is 10.8. The minimum Gasteiger partial charge on any atom is -0.486 e. The number of hydrogen-bond donors (Lipinski definition) is 1. The van der Waals surface area contributed by atoms with Gasteiger partial charge in [-0.1, -0.05) is 62.4 Å². The largest absolute Gasteiger partial charge is 0.486 e. The maximum atomic E-state index is 12.8. The van der Waals surface area contributed by atoms with Gasteiger partial charge in [0.05, 0.1) is 4.92 Å². The van der Waals surface area contributed by atoms with Crippen molar-refractivity contribution in [2.24, 2.45) is 0 Å². The van der Waals surface area contributed by atoms with Crippen molar-refractivity contribution < 1.29 is 18.9 Å². The van der Waals surface area contributed by atoms with Crippen LogP contribution in [0.4, 0.5) is 11.4 Å². The summed E-state index contributed by atoms with van der Waals surface area (Å²) in [5.74, 6) is 0.763. The van der Waals surface area contributed by atoms with Crippen LogP contribution in [-0.2, 0) is 12.0 Å². The first-order valence-corrected chi connectivity index (χ1v) is 12.6. The quantitative estimate of drug-likeness (QED) is 0.190. The molecule has 0 unspecified atom stereocenters. The standard InChI is InChI=1S/C29H28N2O5S/c1-19-5-12-25(13-6-19)37-26-16-21(15-22(17-26)31(33)34)30-28(32)27-14-11-24(36-27)18-35-23-9-7-20(8-10-23)29(2,3)4/h5-17H,18H2,1-4H3,(H,30,32). The first-order valence-electron chi connectivity index (χ1n) is 11.7.